The molecule has 46 heavy (non-hydrogen) atoms. The van der Waals surface area contributed by atoms with E-state index in [1.165, 1.54) is 0 Å². The normalized spacial score (nSPS) is 11.3. The summed E-state index contributed by atoms with van der Waals surface area (Å²) in [4.78, 5) is 45.5. The van der Waals surface area contributed by atoms with Crippen molar-refractivity contribution < 1.29 is 19.8 Å². The van der Waals surface area contributed by atoms with Crippen LogP contribution in [0.1, 0.15) is 62.8 Å². The predicted octanol–water partition coefficient (Wildman–Crippen LogP) is 6.19. The van der Waals surface area contributed by atoms with E-state index in [9.17, 15) is 9.59 Å². The zero-order chi connectivity index (χ0) is 32.4. The van der Waals surface area contributed by atoms with E-state index in [4.69, 9.17) is 20.2 Å². The largest absolute Gasteiger partial charge is 0.481 e. The number of carboxylic acids is 2. The van der Waals surface area contributed by atoms with Gasteiger partial charge in [0.15, 0.2) is 0 Å². The molecular formula is C36H44N6O4. The molecule has 4 heterocycles. The first-order valence-electron chi connectivity index (χ1n) is 16.1. The third-order valence-electron chi connectivity index (χ3n) is 7.70. The zero-order valence-electron chi connectivity index (χ0n) is 26.4. The first kappa shape index (κ1) is 34.3. The van der Waals surface area contributed by atoms with Gasteiger partial charge >= 0.3 is 11.9 Å². The molecule has 4 rings (SSSR count). The lowest BCUT2D eigenvalue weighted by Crippen LogP contribution is -2.36. The molecule has 0 radical (unpaired) electrons. The number of hydrogen-bond donors (Lipinski definition) is 2. The Morgan fingerprint density at radius 2 is 0.935 bits per heavy atom. The van der Waals surface area contributed by atoms with E-state index in [0.717, 1.165) is 86.0 Å². The lowest BCUT2D eigenvalue weighted by atomic mass is 10.1. The second-order valence-electron chi connectivity index (χ2n) is 11.4. The summed E-state index contributed by atoms with van der Waals surface area (Å²) in [5.74, 6) is -1.51. The van der Waals surface area contributed by atoms with Crippen molar-refractivity contribution in [3.63, 3.8) is 0 Å². The molecule has 10 nitrogen and oxygen atoms in total. The zero-order valence-corrected chi connectivity index (χ0v) is 26.4. The van der Waals surface area contributed by atoms with Gasteiger partial charge in [0.2, 0.25) is 0 Å². The Morgan fingerprint density at radius 3 is 1.33 bits per heavy atom. The fraction of sp³-hybridized carbons (Fsp3) is 0.389. The Kier molecular flexibility index (Phi) is 14.2. The standard InChI is InChI=1S/C36H44N6O4/c43-35(44)19-3-1-9-23-41(27-29-13-11-17-33(39-29)31-15-5-7-21-37-31)25-26-42(24-10-2-4-20-36(45)46)28-30-14-12-18-34(40-30)32-16-6-8-22-38-32/h5-8,11-18,21-22H,1-4,9-10,19-20,23-28H2,(H,43,44)(H,45,46). The maximum absolute atomic E-state index is 11.0. The van der Waals surface area contributed by atoms with Crippen LogP contribution in [0.2, 0.25) is 0 Å². The highest BCUT2D eigenvalue weighted by molar-refractivity contribution is 5.66. The number of aliphatic carboxylic acids is 2. The van der Waals surface area contributed by atoms with E-state index < -0.39 is 11.9 Å². The van der Waals surface area contributed by atoms with Gasteiger partial charge in [0.1, 0.15) is 0 Å². The van der Waals surface area contributed by atoms with Gasteiger partial charge < -0.3 is 10.2 Å². The van der Waals surface area contributed by atoms with Gasteiger partial charge in [0.25, 0.3) is 0 Å². The first-order chi connectivity index (χ1) is 22.5. The van der Waals surface area contributed by atoms with Crippen molar-refractivity contribution in [2.75, 3.05) is 26.2 Å². The van der Waals surface area contributed by atoms with Crippen LogP contribution in [0.15, 0.2) is 85.2 Å². The smallest absolute Gasteiger partial charge is 0.303 e. The van der Waals surface area contributed by atoms with Crippen LogP contribution >= 0.6 is 0 Å². The van der Waals surface area contributed by atoms with Crippen molar-refractivity contribution in [1.29, 1.82) is 0 Å². The summed E-state index contributed by atoms with van der Waals surface area (Å²) in [7, 11) is 0. The van der Waals surface area contributed by atoms with Crippen molar-refractivity contribution in [2.24, 2.45) is 0 Å². The molecule has 0 saturated heterocycles. The Labute approximate surface area is 271 Å². The van der Waals surface area contributed by atoms with Gasteiger partial charge in [-0.15, -0.1) is 0 Å². The topological polar surface area (TPSA) is 133 Å². The molecule has 2 N–H and O–H groups in total. The van der Waals surface area contributed by atoms with Crippen LogP contribution in [0.25, 0.3) is 22.8 Å². The monoisotopic (exact) mass is 624 g/mol. The third-order valence-corrected chi connectivity index (χ3v) is 7.70. The molecule has 4 aromatic heterocycles. The van der Waals surface area contributed by atoms with Crippen molar-refractivity contribution in [2.45, 2.75) is 64.5 Å². The molecule has 0 aliphatic rings. The van der Waals surface area contributed by atoms with E-state index in [-0.39, 0.29) is 12.8 Å². The van der Waals surface area contributed by atoms with E-state index in [0.29, 0.717) is 25.9 Å². The van der Waals surface area contributed by atoms with Gasteiger partial charge in [-0.25, -0.2) is 9.97 Å². The van der Waals surface area contributed by atoms with Crippen LogP contribution < -0.4 is 0 Å². The average molecular weight is 625 g/mol. The molecule has 0 spiro atoms. The summed E-state index contributed by atoms with van der Waals surface area (Å²) in [6.45, 7) is 4.58. The van der Waals surface area contributed by atoms with Gasteiger partial charge in [-0.2, -0.15) is 0 Å². The summed E-state index contributed by atoms with van der Waals surface area (Å²) in [6.07, 6.45) is 8.74. The Balaban J connectivity index is 1.45. The molecule has 0 aliphatic heterocycles. The molecule has 0 fully saturated rings. The highest BCUT2D eigenvalue weighted by Gasteiger charge is 2.14. The molecule has 0 atom stereocenters. The molecule has 0 bridgehead atoms. The van der Waals surface area contributed by atoms with Crippen molar-refractivity contribution in [3.8, 4) is 22.8 Å². The number of aromatic nitrogens is 4. The Hall–Kier alpha value is -4.54. The summed E-state index contributed by atoms with van der Waals surface area (Å²) in [5, 5.41) is 18.1. The quantitative estimate of drug-likeness (QED) is 0.103. The van der Waals surface area contributed by atoms with E-state index in [1.807, 2.05) is 72.8 Å². The van der Waals surface area contributed by atoms with Crippen molar-refractivity contribution in [1.82, 2.24) is 29.7 Å². The SMILES string of the molecule is O=C(O)CCCCCN(CCN(CCCCCC(=O)O)Cc1cccc(-c2ccccn2)n1)Cc1cccc(-c2ccccn2)n1. The molecule has 242 valence electrons. The van der Waals surface area contributed by atoms with Crippen LogP contribution in [0.4, 0.5) is 0 Å². The summed E-state index contributed by atoms with van der Waals surface area (Å²) in [6, 6.07) is 23.7. The number of pyridine rings is 4. The molecule has 0 unspecified atom stereocenters. The highest BCUT2D eigenvalue weighted by Crippen LogP contribution is 2.17. The number of hydrogen-bond acceptors (Lipinski definition) is 8. The van der Waals surface area contributed by atoms with Crippen LogP contribution in [0.3, 0.4) is 0 Å². The van der Waals surface area contributed by atoms with Gasteiger partial charge in [0, 0.05) is 51.4 Å². The molecule has 0 aromatic carbocycles. The lowest BCUT2D eigenvalue weighted by molar-refractivity contribution is -0.138. The minimum atomic E-state index is -0.757. The molecule has 10 heteroatoms. The number of rotatable bonds is 21. The molecule has 0 amide bonds. The van der Waals surface area contributed by atoms with Crippen LogP contribution in [0.5, 0.6) is 0 Å². The van der Waals surface area contributed by atoms with Crippen LogP contribution in [-0.4, -0.2) is 78.1 Å². The minimum Gasteiger partial charge on any atom is -0.481 e. The van der Waals surface area contributed by atoms with Crippen LogP contribution in [0, 0.1) is 0 Å². The molecule has 0 saturated carbocycles. The van der Waals surface area contributed by atoms with Crippen LogP contribution in [-0.2, 0) is 22.7 Å². The Bertz CT molecular complexity index is 1380. The number of carboxylic acid groups (broad SMARTS) is 2. The molecule has 4 aromatic rings. The van der Waals surface area contributed by atoms with Crippen molar-refractivity contribution >= 4 is 11.9 Å². The predicted molar refractivity (Wildman–Crippen MR) is 178 cm³/mol. The second kappa shape index (κ2) is 19.1. The molecular weight excluding hydrogens is 580 g/mol. The maximum Gasteiger partial charge on any atom is 0.303 e. The molecule has 0 aliphatic carbocycles. The minimum absolute atomic E-state index is 0.188. The number of carbonyl (C=O) groups is 2. The van der Waals surface area contributed by atoms with Gasteiger partial charge in [-0.05, 0) is 87.3 Å². The van der Waals surface area contributed by atoms with Crippen molar-refractivity contribution in [3.05, 3.63) is 96.6 Å². The summed E-state index contributed by atoms with van der Waals surface area (Å²) >= 11 is 0. The average Bonchev–Trinajstić information content (AvgIpc) is 3.07. The number of nitrogens with zero attached hydrogens (tertiary/aromatic N) is 6. The highest BCUT2D eigenvalue weighted by atomic mass is 16.4. The van der Waals surface area contributed by atoms with Gasteiger partial charge in [0.05, 0.1) is 34.2 Å². The van der Waals surface area contributed by atoms with Gasteiger partial charge in [-0.1, -0.05) is 37.1 Å². The fourth-order valence-corrected chi connectivity index (χ4v) is 5.31. The van der Waals surface area contributed by atoms with E-state index in [2.05, 4.69) is 19.8 Å². The van der Waals surface area contributed by atoms with E-state index in [1.54, 1.807) is 12.4 Å². The second-order valence-corrected chi connectivity index (χ2v) is 11.4. The van der Waals surface area contributed by atoms with Gasteiger partial charge in [-0.3, -0.25) is 29.4 Å². The summed E-state index contributed by atoms with van der Waals surface area (Å²) in [5.41, 5.74) is 5.25. The first-order valence-corrected chi connectivity index (χ1v) is 16.1. The number of unbranched alkanes of at least 4 members (excludes halogenated alkanes) is 4. The summed E-state index contributed by atoms with van der Waals surface area (Å²) < 4.78 is 0. The Morgan fingerprint density at radius 1 is 0.500 bits per heavy atom. The fourth-order valence-electron chi connectivity index (χ4n) is 5.31. The third kappa shape index (κ3) is 12.5. The maximum atomic E-state index is 11.0. The van der Waals surface area contributed by atoms with E-state index >= 15 is 0 Å². The lowest BCUT2D eigenvalue weighted by Gasteiger charge is -2.28.